The van der Waals surface area contributed by atoms with Crippen molar-refractivity contribution in [2.75, 3.05) is 13.2 Å². The lowest BCUT2D eigenvalue weighted by molar-refractivity contribution is 0.0168. The molecule has 7 nitrogen and oxygen atoms in total. The van der Waals surface area contributed by atoms with E-state index in [-0.39, 0.29) is 36.3 Å². The fraction of sp³-hybridized carbons (Fsp3) is 0.278. The summed E-state index contributed by atoms with van der Waals surface area (Å²) in [5, 5.41) is 9.47. The Morgan fingerprint density at radius 2 is 2.21 bits per heavy atom. The Balaban J connectivity index is 2.19. The third kappa shape index (κ3) is 4.09. The number of carbonyl (C=O) groups is 1. The minimum Gasteiger partial charge on any atom is -0.394 e. The number of aliphatic hydroxyl groups excluding tert-OH is 1. The zero-order valence-corrected chi connectivity index (χ0v) is 18.1. The van der Waals surface area contributed by atoms with Crippen molar-refractivity contribution in [3.05, 3.63) is 59.8 Å². The molecule has 1 amide bonds. The maximum absolute atomic E-state index is 14.4. The number of halogens is 2. The van der Waals surface area contributed by atoms with Crippen LogP contribution in [0.4, 0.5) is 4.39 Å². The maximum atomic E-state index is 14.4. The topological polar surface area (TPSA) is 93.5 Å². The number of rotatable bonds is 6. The molecule has 0 unspecified atom stereocenters. The van der Waals surface area contributed by atoms with Crippen molar-refractivity contribution in [2.45, 2.75) is 13.3 Å². The number of aromatic nitrogens is 2. The first-order valence-corrected chi connectivity index (χ1v) is 10.2. The summed E-state index contributed by atoms with van der Waals surface area (Å²) in [6, 6.07) is 4.79. The van der Waals surface area contributed by atoms with E-state index >= 15 is 0 Å². The molecule has 2 heterocycles. The van der Waals surface area contributed by atoms with Gasteiger partial charge in [-0.15, -0.1) is 11.3 Å². The molecule has 148 valence electrons. The first kappa shape index (κ1) is 20.8. The number of hydrogen-bond donors (Lipinski definition) is 2. The fourth-order valence-corrected chi connectivity index (χ4v) is 4.25. The Labute approximate surface area is 177 Å². The second-order valence-corrected chi connectivity index (χ2v) is 8.46. The van der Waals surface area contributed by atoms with Crippen LogP contribution >= 0.6 is 33.9 Å². The highest BCUT2D eigenvalue weighted by Crippen LogP contribution is 2.28. The van der Waals surface area contributed by atoms with Gasteiger partial charge in [0, 0.05) is 22.7 Å². The van der Waals surface area contributed by atoms with Crippen molar-refractivity contribution in [2.24, 2.45) is 7.05 Å². The first-order valence-electron chi connectivity index (χ1n) is 8.29. The van der Waals surface area contributed by atoms with E-state index in [0.717, 1.165) is 3.57 Å². The number of pyridine rings is 1. The minimum absolute atomic E-state index is 0.0458. The highest BCUT2D eigenvalue weighted by Gasteiger charge is 2.24. The lowest BCUT2D eigenvalue weighted by Crippen LogP contribution is -2.31. The zero-order chi connectivity index (χ0) is 20.4. The number of nitrogens with zero attached hydrogens (tertiary/aromatic N) is 2. The van der Waals surface area contributed by atoms with Gasteiger partial charge in [-0.05, 0) is 47.2 Å². The van der Waals surface area contributed by atoms with Gasteiger partial charge < -0.3 is 9.67 Å². The van der Waals surface area contributed by atoms with Gasteiger partial charge in [-0.2, -0.15) is 0 Å². The minimum atomic E-state index is -0.585. The van der Waals surface area contributed by atoms with E-state index in [1.165, 1.54) is 29.0 Å². The molecule has 3 aromatic rings. The molecule has 0 saturated carbocycles. The molecule has 0 atom stereocenters. The SMILES string of the molecule is Cc1nc2c(=O)n(C)c(Cc3ccc(I)cc3F)c(C(=O)NOCCO)c2s1. The molecule has 1 aromatic carbocycles. The summed E-state index contributed by atoms with van der Waals surface area (Å²) in [5.74, 6) is -0.999. The predicted octanol–water partition coefficient (Wildman–Crippen LogP) is 2.29. The van der Waals surface area contributed by atoms with Crippen LogP contribution in [-0.4, -0.2) is 33.8 Å². The number of hydrogen-bond acceptors (Lipinski definition) is 6. The number of aliphatic hydroxyl groups is 1. The molecular weight excluding hydrogens is 500 g/mol. The van der Waals surface area contributed by atoms with Crippen molar-refractivity contribution in [1.82, 2.24) is 15.0 Å². The molecular formula is C18H17FIN3O4S. The number of amides is 1. The standard InChI is InChI=1S/C18H17FIN3O4S/c1-9-21-15-16(28-9)14(17(25)22-27-6-5-24)13(23(2)18(15)26)7-10-3-4-11(20)8-12(10)19/h3-4,8,24H,5-7H2,1-2H3,(H,22,25). The van der Waals surface area contributed by atoms with Gasteiger partial charge in [-0.3, -0.25) is 14.4 Å². The van der Waals surface area contributed by atoms with Crippen LogP contribution in [0.1, 0.15) is 26.6 Å². The molecule has 0 aliphatic carbocycles. The van der Waals surface area contributed by atoms with Gasteiger partial charge in [0.25, 0.3) is 11.5 Å². The number of hydroxylamine groups is 1. The Kier molecular flexibility index (Phi) is 6.43. The number of aryl methyl sites for hydroxylation is 1. The summed E-state index contributed by atoms with van der Waals surface area (Å²) in [4.78, 5) is 34.7. The maximum Gasteiger partial charge on any atom is 0.278 e. The highest BCUT2D eigenvalue weighted by atomic mass is 127. The normalized spacial score (nSPS) is 11.2. The van der Waals surface area contributed by atoms with Crippen LogP contribution in [0.15, 0.2) is 23.0 Å². The van der Waals surface area contributed by atoms with Crippen LogP contribution in [0.5, 0.6) is 0 Å². The largest absolute Gasteiger partial charge is 0.394 e. The number of carbonyl (C=O) groups excluding carboxylic acids is 1. The summed E-state index contributed by atoms with van der Waals surface area (Å²) in [5.41, 5.74) is 3.02. The Bertz CT molecular complexity index is 1110. The van der Waals surface area contributed by atoms with Crippen molar-refractivity contribution in [3.8, 4) is 0 Å². The molecule has 10 heteroatoms. The van der Waals surface area contributed by atoms with E-state index in [9.17, 15) is 14.0 Å². The van der Waals surface area contributed by atoms with Gasteiger partial charge in [0.05, 0.1) is 28.5 Å². The lowest BCUT2D eigenvalue weighted by Gasteiger charge is -2.15. The van der Waals surface area contributed by atoms with E-state index in [4.69, 9.17) is 9.94 Å². The van der Waals surface area contributed by atoms with Crippen LogP contribution in [0.2, 0.25) is 0 Å². The van der Waals surface area contributed by atoms with Crippen LogP contribution in [-0.2, 0) is 18.3 Å². The molecule has 0 spiro atoms. The third-order valence-corrected chi connectivity index (χ3v) is 5.78. The summed E-state index contributed by atoms with van der Waals surface area (Å²) in [6.45, 7) is 1.40. The van der Waals surface area contributed by atoms with E-state index in [0.29, 0.717) is 21.0 Å². The van der Waals surface area contributed by atoms with Crippen molar-refractivity contribution < 1.29 is 19.1 Å². The second-order valence-electron chi connectivity index (χ2n) is 6.01. The monoisotopic (exact) mass is 517 g/mol. The molecule has 28 heavy (non-hydrogen) atoms. The van der Waals surface area contributed by atoms with Crippen LogP contribution in [0, 0.1) is 16.3 Å². The molecule has 0 saturated heterocycles. The van der Waals surface area contributed by atoms with Gasteiger partial charge in [0.1, 0.15) is 11.3 Å². The molecule has 0 aliphatic heterocycles. The highest BCUT2D eigenvalue weighted by molar-refractivity contribution is 14.1. The Hall–Kier alpha value is -1.89. The average Bonchev–Trinajstić information content (AvgIpc) is 3.03. The summed E-state index contributed by atoms with van der Waals surface area (Å²) >= 11 is 3.23. The number of fused-ring (bicyclic) bond motifs is 1. The smallest absolute Gasteiger partial charge is 0.278 e. The van der Waals surface area contributed by atoms with E-state index < -0.39 is 11.7 Å². The summed E-state index contributed by atoms with van der Waals surface area (Å²) < 4.78 is 16.9. The zero-order valence-electron chi connectivity index (χ0n) is 15.1. The quantitative estimate of drug-likeness (QED) is 0.298. The summed E-state index contributed by atoms with van der Waals surface area (Å²) in [7, 11) is 1.53. The lowest BCUT2D eigenvalue weighted by atomic mass is 10.0. The second kappa shape index (κ2) is 8.64. The predicted molar refractivity (Wildman–Crippen MR) is 112 cm³/mol. The fourth-order valence-electron chi connectivity index (χ4n) is 2.82. The number of thiazole rings is 1. The van der Waals surface area contributed by atoms with Crippen LogP contribution in [0.3, 0.4) is 0 Å². The first-order chi connectivity index (χ1) is 13.3. The van der Waals surface area contributed by atoms with E-state index in [2.05, 4.69) is 10.5 Å². The molecule has 3 rings (SSSR count). The van der Waals surface area contributed by atoms with Crippen LogP contribution in [0.25, 0.3) is 10.2 Å². The summed E-state index contributed by atoms with van der Waals surface area (Å²) in [6.07, 6.45) is 0.0458. The Morgan fingerprint density at radius 3 is 2.89 bits per heavy atom. The molecule has 0 aliphatic rings. The van der Waals surface area contributed by atoms with Gasteiger partial charge in [-0.25, -0.2) is 14.9 Å². The van der Waals surface area contributed by atoms with Gasteiger partial charge in [0.2, 0.25) is 0 Å². The van der Waals surface area contributed by atoms with Crippen molar-refractivity contribution in [3.63, 3.8) is 0 Å². The molecule has 0 bridgehead atoms. The average molecular weight is 517 g/mol. The number of benzene rings is 1. The van der Waals surface area contributed by atoms with E-state index in [1.807, 2.05) is 22.6 Å². The molecule has 0 fully saturated rings. The molecule has 0 radical (unpaired) electrons. The molecule has 2 aromatic heterocycles. The Morgan fingerprint density at radius 1 is 1.46 bits per heavy atom. The van der Waals surface area contributed by atoms with Gasteiger partial charge >= 0.3 is 0 Å². The van der Waals surface area contributed by atoms with E-state index in [1.54, 1.807) is 19.1 Å². The third-order valence-electron chi connectivity index (χ3n) is 4.12. The number of nitrogens with one attached hydrogen (secondary N) is 1. The van der Waals surface area contributed by atoms with Crippen LogP contribution < -0.4 is 11.0 Å². The molecule has 2 N–H and O–H groups in total. The van der Waals surface area contributed by atoms with Crippen molar-refractivity contribution in [1.29, 1.82) is 0 Å². The van der Waals surface area contributed by atoms with Gasteiger partial charge in [-0.1, -0.05) is 6.07 Å². The van der Waals surface area contributed by atoms with Gasteiger partial charge in [0.15, 0.2) is 0 Å². The van der Waals surface area contributed by atoms with Crippen molar-refractivity contribution >= 4 is 50.1 Å².